The molecule has 1 N–H and O–H groups in total. The normalized spacial score (nSPS) is 11.7. The van der Waals surface area contributed by atoms with Crippen molar-refractivity contribution in [2.24, 2.45) is 0 Å². The van der Waals surface area contributed by atoms with Crippen LogP contribution in [0.25, 0.3) is 0 Å². The maximum absolute atomic E-state index is 12.7. The fourth-order valence-corrected chi connectivity index (χ4v) is 2.91. The predicted molar refractivity (Wildman–Crippen MR) is 104 cm³/mol. The van der Waals surface area contributed by atoms with Gasteiger partial charge in [-0.2, -0.15) is 0 Å². The second-order valence-electron chi connectivity index (χ2n) is 5.80. The van der Waals surface area contributed by atoms with Crippen molar-refractivity contribution < 1.29 is 19.1 Å². The topological polar surface area (TPSA) is 86.6 Å². The molecule has 1 atom stereocenters. The molecule has 7 nitrogen and oxygen atoms in total. The maximum atomic E-state index is 12.7. The smallest absolute Gasteiger partial charge is 0.307 e. The fraction of sp³-hybridized carbons (Fsp3) is 0.316. The molecule has 0 bridgehead atoms. The number of nitrogens with zero attached hydrogens (tertiary/aromatic N) is 1. The van der Waals surface area contributed by atoms with Crippen molar-refractivity contribution in [3.05, 3.63) is 68.5 Å². The molecular weight excluding hydrogens is 416 g/mol. The number of nitrogens with one attached hydrogen (secondary N) is 1. The highest BCUT2D eigenvalue weighted by Gasteiger charge is 2.20. The molecular formula is C19H21BrN2O5. The van der Waals surface area contributed by atoms with Gasteiger partial charge in [0.05, 0.1) is 31.7 Å². The summed E-state index contributed by atoms with van der Waals surface area (Å²) >= 11 is 3.39. The number of methoxy groups -OCH3 is 2. The number of halogens is 1. The summed E-state index contributed by atoms with van der Waals surface area (Å²) in [5.41, 5.74) is 0.855. The third-order valence-electron chi connectivity index (χ3n) is 3.94. The van der Waals surface area contributed by atoms with Gasteiger partial charge in [0.1, 0.15) is 0 Å². The van der Waals surface area contributed by atoms with Crippen molar-refractivity contribution in [2.75, 3.05) is 20.8 Å². The Morgan fingerprint density at radius 1 is 1.22 bits per heavy atom. The Balaban J connectivity index is 2.25. The number of ether oxygens (including phenoxy) is 2. The molecule has 8 heteroatoms. The van der Waals surface area contributed by atoms with Crippen molar-refractivity contribution in [1.29, 1.82) is 0 Å². The van der Waals surface area contributed by atoms with Gasteiger partial charge < -0.3 is 19.4 Å². The average Bonchev–Trinajstić information content (AvgIpc) is 2.66. The molecule has 0 radical (unpaired) electrons. The molecule has 1 amide bonds. The SMILES string of the molecule is COCCn1cc(C(=O)NC(CC(=O)OC)c2cccc(Br)c2)ccc1=O. The summed E-state index contributed by atoms with van der Waals surface area (Å²) in [5, 5.41) is 2.84. The summed E-state index contributed by atoms with van der Waals surface area (Å²) in [7, 11) is 2.84. The maximum Gasteiger partial charge on any atom is 0.307 e. The molecule has 2 rings (SSSR count). The van der Waals surface area contributed by atoms with Gasteiger partial charge in [0.15, 0.2) is 0 Å². The second kappa shape index (κ2) is 10.0. The van der Waals surface area contributed by atoms with E-state index in [0.717, 1.165) is 10.0 Å². The lowest BCUT2D eigenvalue weighted by molar-refractivity contribution is -0.141. The Hall–Kier alpha value is -2.45. The van der Waals surface area contributed by atoms with Crippen LogP contribution in [0.2, 0.25) is 0 Å². The molecule has 0 saturated heterocycles. The summed E-state index contributed by atoms with van der Waals surface area (Å²) in [6.45, 7) is 0.696. The number of esters is 1. The molecule has 1 unspecified atom stereocenters. The van der Waals surface area contributed by atoms with E-state index in [0.29, 0.717) is 18.7 Å². The van der Waals surface area contributed by atoms with E-state index >= 15 is 0 Å². The van der Waals surface area contributed by atoms with E-state index in [1.807, 2.05) is 24.3 Å². The summed E-state index contributed by atoms with van der Waals surface area (Å²) < 4.78 is 12.0. The zero-order valence-electron chi connectivity index (χ0n) is 15.1. The number of amides is 1. The van der Waals surface area contributed by atoms with E-state index < -0.39 is 17.9 Å². The molecule has 0 spiro atoms. The third-order valence-corrected chi connectivity index (χ3v) is 4.43. The Labute approximate surface area is 165 Å². The Morgan fingerprint density at radius 3 is 2.67 bits per heavy atom. The third kappa shape index (κ3) is 6.04. The van der Waals surface area contributed by atoms with Gasteiger partial charge in [-0.15, -0.1) is 0 Å². The summed E-state index contributed by atoms with van der Waals surface area (Å²) in [6.07, 6.45) is 1.47. The highest BCUT2D eigenvalue weighted by atomic mass is 79.9. The van der Waals surface area contributed by atoms with Gasteiger partial charge in [0.25, 0.3) is 11.5 Å². The lowest BCUT2D eigenvalue weighted by atomic mass is 10.0. The molecule has 0 aliphatic heterocycles. The Kier molecular flexibility index (Phi) is 7.75. The standard InChI is InChI=1S/C19H21BrN2O5/c1-26-9-8-22-12-14(6-7-17(22)23)19(25)21-16(11-18(24)27-2)13-4-3-5-15(20)10-13/h3-7,10,12,16H,8-9,11H2,1-2H3,(H,21,25). The molecule has 1 aromatic heterocycles. The van der Waals surface area contributed by atoms with E-state index in [4.69, 9.17) is 9.47 Å². The fourth-order valence-electron chi connectivity index (χ4n) is 2.50. The zero-order chi connectivity index (χ0) is 19.8. The van der Waals surface area contributed by atoms with Crippen molar-refractivity contribution in [3.8, 4) is 0 Å². The van der Waals surface area contributed by atoms with E-state index in [2.05, 4.69) is 21.2 Å². The van der Waals surface area contributed by atoms with Crippen molar-refractivity contribution in [2.45, 2.75) is 19.0 Å². The first-order valence-electron chi connectivity index (χ1n) is 8.27. The molecule has 1 heterocycles. The number of benzene rings is 1. The summed E-state index contributed by atoms with van der Waals surface area (Å²) in [4.78, 5) is 36.3. The van der Waals surface area contributed by atoms with Crippen LogP contribution >= 0.6 is 15.9 Å². The number of hydrogen-bond acceptors (Lipinski definition) is 5. The van der Waals surface area contributed by atoms with Crippen LogP contribution < -0.4 is 10.9 Å². The van der Waals surface area contributed by atoms with Crippen LogP contribution in [0, 0.1) is 0 Å². The highest BCUT2D eigenvalue weighted by molar-refractivity contribution is 9.10. The van der Waals surface area contributed by atoms with Crippen molar-refractivity contribution in [3.63, 3.8) is 0 Å². The monoisotopic (exact) mass is 436 g/mol. The molecule has 27 heavy (non-hydrogen) atoms. The molecule has 0 aliphatic rings. The van der Waals surface area contributed by atoms with Gasteiger partial charge in [-0.3, -0.25) is 14.4 Å². The summed E-state index contributed by atoms with van der Waals surface area (Å²) in [6, 6.07) is 9.54. The van der Waals surface area contributed by atoms with Gasteiger partial charge in [-0.05, 0) is 23.8 Å². The Morgan fingerprint density at radius 2 is 2.00 bits per heavy atom. The molecule has 0 aliphatic carbocycles. The molecule has 144 valence electrons. The van der Waals surface area contributed by atoms with Gasteiger partial charge in [-0.25, -0.2) is 0 Å². The van der Waals surface area contributed by atoms with Crippen LogP contribution in [0.3, 0.4) is 0 Å². The zero-order valence-corrected chi connectivity index (χ0v) is 16.7. The largest absolute Gasteiger partial charge is 0.469 e. The van der Waals surface area contributed by atoms with Crippen LogP contribution in [0.15, 0.2) is 51.9 Å². The van der Waals surface area contributed by atoms with E-state index in [1.165, 1.54) is 37.1 Å². The van der Waals surface area contributed by atoms with Crippen LogP contribution in [0.4, 0.5) is 0 Å². The lowest BCUT2D eigenvalue weighted by Crippen LogP contribution is -2.32. The first kappa shape index (κ1) is 20.9. The number of rotatable bonds is 8. The lowest BCUT2D eigenvalue weighted by Gasteiger charge is -2.19. The van der Waals surface area contributed by atoms with Crippen LogP contribution in [-0.2, 0) is 20.8 Å². The van der Waals surface area contributed by atoms with Crippen molar-refractivity contribution in [1.82, 2.24) is 9.88 Å². The number of hydrogen-bond donors (Lipinski definition) is 1. The average molecular weight is 437 g/mol. The molecule has 0 saturated carbocycles. The quantitative estimate of drug-likeness (QED) is 0.641. The number of aromatic nitrogens is 1. The molecule has 0 fully saturated rings. The Bertz CT molecular complexity index is 865. The van der Waals surface area contributed by atoms with Gasteiger partial charge >= 0.3 is 5.97 Å². The molecule has 2 aromatic rings. The van der Waals surface area contributed by atoms with E-state index in [-0.39, 0.29) is 12.0 Å². The number of carbonyl (C=O) groups is 2. The number of pyridine rings is 1. The van der Waals surface area contributed by atoms with Crippen LogP contribution in [-0.4, -0.2) is 37.3 Å². The summed E-state index contributed by atoms with van der Waals surface area (Å²) in [5.74, 6) is -0.833. The first-order valence-corrected chi connectivity index (χ1v) is 9.06. The predicted octanol–water partition coefficient (Wildman–Crippen LogP) is 2.29. The number of carbonyl (C=O) groups excluding carboxylic acids is 2. The van der Waals surface area contributed by atoms with Gasteiger partial charge in [-0.1, -0.05) is 28.1 Å². The first-order chi connectivity index (χ1) is 12.9. The van der Waals surface area contributed by atoms with Crippen LogP contribution in [0.1, 0.15) is 28.4 Å². The van der Waals surface area contributed by atoms with E-state index in [1.54, 1.807) is 0 Å². The van der Waals surface area contributed by atoms with E-state index in [9.17, 15) is 14.4 Å². The van der Waals surface area contributed by atoms with Gasteiger partial charge in [0, 0.05) is 30.4 Å². The minimum absolute atomic E-state index is 0.0119. The highest BCUT2D eigenvalue weighted by Crippen LogP contribution is 2.22. The minimum atomic E-state index is -0.568. The van der Waals surface area contributed by atoms with Crippen molar-refractivity contribution >= 4 is 27.8 Å². The second-order valence-corrected chi connectivity index (χ2v) is 6.72. The minimum Gasteiger partial charge on any atom is -0.469 e. The van der Waals surface area contributed by atoms with Crippen LogP contribution in [0.5, 0.6) is 0 Å². The van der Waals surface area contributed by atoms with Gasteiger partial charge in [0.2, 0.25) is 0 Å². The molecule has 1 aromatic carbocycles.